The molecule has 0 saturated heterocycles. The smallest absolute Gasteiger partial charge is 0.335 e. The Morgan fingerprint density at radius 1 is 1.13 bits per heavy atom. The van der Waals surface area contributed by atoms with Crippen LogP contribution in [0.2, 0.25) is 10.0 Å². The van der Waals surface area contributed by atoms with Gasteiger partial charge < -0.3 is 15.7 Å². The summed E-state index contributed by atoms with van der Waals surface area (Å²) in [6.45, 7) is 0. The number of anilines is 1. The molecule has 5 nitrogen and oxygen atoms in total. The van der Waals surface area contributed by atoms with Gasteiger partial charge in [0, 0.05) is 5.92 Å². The zero-order valence-electron chi connectivity index (χ0n) is 12.2. The largest absolute Gasteiger partial charge is 0.478 e. The number of aromatic carboxylic acids is 1. The third-order valence-electron chi connectivity index (χ3n) is 3.74. The molecule has 0 aromatic heterocycles. The molecule has 1 amide bonds. The molecular weight excluding hydrogens is 359 g/mol. The van der Waals surface area contributed by atoms with E-state index in [2.05, 4.69) is 10.6 Å². The van der Waals surface area contributed by atoms with Crippen molar-refractivity contribution in [3.8, 4) is 0 Å². The molecule has 0 atom stereocenters. The van der Waals surface area contributed by atoms with Crippen LogP contribution in [-0.2, 0) is 4.79 Å². The van der Waals surface area contributed by atoms with Crippen molar-refractivity contribution in [3.63, 3.8) is 0 Å². The van der Waals surface area contributed by atoms with Gasteiger partial charge in [-0.25, -0.2) is 4.79 Å². The van der Waals surface area contributed by atoms with E-state index in [1.54, 1.807) is 0 Å². The molecule has 3 N–H and O–H groups in total. The minimum absolute atomic E-state index is 0.0242. The Hall–Kier alpha value is -1.37. The van der Waals surface area contributed by atoms with E-state index in [1.807, 2.05) is 0 Å². The predicted molar refractivity (Wildman–Crippen MR) is 94.4 cm³/mol. The van der Waals surface area contributed by atoms with Gasteiger partial charge in [0.1, 0.15) is 0 Å². The number of halogens is 2. The quantitative estimate of drug-likeness (QED) is 0.694. The average molecular weight is 375 g/mol. The van der Waals surface area contributed by atoms with Gasteiger partial charge in [0.2, 0.25) is 5.91 Å². The Kier molecular flexibility index (Phi) is 6.21. The number of hydrogen-bond acceptors (Lipinski definition) is 3. The summed E-state index contributed by atoms with van der Waals surface area (Å²) < 4.78 is 0. The molecule has 2 rings (SSSR count). The highest BCUT2D eigenvalue weighted by molar-refractivity contribution is 7.80. The minimum atomic E-state index is -1.13. The van der Waals surface area contributed by atoms with Gasteiger partial charge >= 0.3 is 5.97 Å². The standard InChI is InChI=1S/C15H16Cl2N2O3S/c16-10-6-9(14(21)22)7-11(17)12(10)18-15(23)19-13(20)8-4-2-1-3-5-8/h6-8H,1-5H2,(H,21,22)(H2,18,19,20,23). The van der Waals surface area contributed by atoms with Crippen molar-refractivity contribution in [2.45, 2.75) is 32.1 Å². The van der Waals surface area contributed by atoms with Crippen molar-refractivity contribution in [1.29, 1.82) is 0 Å². The maximum atomic E-state index is 12.1. The van der Waals surface area contributed by atoms with Crippen LogP contribution in [0, 0.1) is 5.92 Å². The fourth-order valence-electron chi connectivity index (χ4n) is 2.54. The lowest BCUT2D eigenvalue weighted by Crippen LogP contribution is -2.39. The number of carboxylic acids is 1. The van der Waals surface area contributed by atoms with Crippen LogP contribution in [0.4, 0.5) is 5.69 Å². The van der Waals surface area contributed by atoms with E-state index in [9.17, 15) is 9.59 Å². The van der Waals surface area contributed by atoms with Crippen molar-refractivity contribution >= 4 is 58.1 Å². The second-order valence-electron chi connectivity index (χ2n) is 5.40. The molecule has 1 aliphatic carbocycles. The van der Waals surface area contributed by atoms with Gasteiger partial charge in [-0.3, -0.25) is 4.79 Å². The van der Waals surface area contributed by atoms with Crippen LogP contribution in [0.1, 0.15) is 42.5 Å². The molecule has 0 unspecified atom stereocenters. The van der Waals surface area contributed by atoms with Gasteiger partial charge in [-0.2, -0.15) is 0 Å². The number of thiocarbonyl (C=S) groups is 1. The van der Waals surface area contributed by atoms with Crippen molar-refractivity contribution in [2.24, 2.45) is 5.92 Å². The third kappa shape index (κ3) is 4.80. The number of carbonyl (C=O) groups is 2. The van der Waals surface area contributed by atoms with Crippen LogP contribution in [-0.4, -0.2) is 22.1 Å². The number of hydrogen-bond donors (Lipinski definition) is 3. The molecule has 0 bridgehead atoms. The Balaban J connectivity index is 2.02. The number of rotatable bonds is 3. The second-order valence-corrected chi connectivity index (χ2v) is 6.62. The van der Waals surface area contributed by atoms with Crippen molar-refractivity contribution in [3.05, 3.63) is 27.7 Å². The molecule has 0 radical (unpaired) electrons. The predicted octanol–water partition coefficient (Wildman–Crippen LogP) is 4.08. The van der Waals surface area contributed by atoms with Crippen LogP contribution in [0.25, 0.3) is 0 Å². The minimum Gasteiger partial charge on any atom is -0.478 e. The summed E-state index contributed by atoms with van der Waals surface area (Å²) in [5.41, 5.74) is 0.245. The molecule has 1 saturated carbocycles. The van der Waals surface area contributed by atoms with Crippen LogP contribution >= 0.6 is 35.4 Å². The van der Waals surface area contributed by atoms with Crippen molar-refractivity contribution < 1.29 is 14.7 Å². The summed E-state index contributed by atoms with van der Waals surface area (Å²) in [4.78, 5) is 23.1. The van der Waals surface area contributed by atoms with E-state index in [-0.39, 0.29) is 38.2 Å². The molecule has 23 heavy (non-hydrogen) atoms. The SMILES string of the molecule is O=C(O)c1cc(Cl)c(NC(=S)NC(=O)C2CCCCC2)c(Cl)c1. The molecule has 1 aromatic rings. The number of amides is 1. The highest BCUT2D eigenvalue weighted by Gasteiger charge is 2.22. The summed E-state index contributed by atoms with van der Waals surface area (Å²) in [5, 5.41) is 14.7. The molecule has 8 heteroatoms. The van der Waals surface area contributed by atoms with E-state index in [0.29, 0.717) is 0 Å². The van der Waals surface area contributed by atoms with E-state index in [0.717, 1.165) is 32.1 Å². The Bertz CT molecular complexity index is 623. The zero-order chi connectivity index (χ0) is 17.0. The first-order valence-electron chi connectivity index (χ1n) is 7.22. The van der Waals surface area contributed by atoms with E-state index in [1.165, 1.54) is 12.1 Å². The third-order valence-corrected chi connectivity index (χ3v) is 4.54. The summed E-state index contributed by atoms with van der Waals surface area (Å²) >= 11 is 17.2. The highest BCUT2D eigenvalue weighted by Crippen LogP contribution is 2.32. The van der Waals surface area contributed by atoms with Gasteiger partial charge in [0.05, 0.1) is 21.3 Å². The summed E-state index contributed by atoms with van der Waals surface area (Å²) in [6.07, 6.45) is 4.99. The van der Waals surface area contributed by atoms with E-state index >= 15 is 0 Å². The van der Waals surface area contributed by atoms with Gasteiger partial charge in [0.15, 0.2) is 5.11 Å². The summed E-state index contributed by atoms with van der Waals surface area (Å²) in [6, 6.07) is 2.54. The lowest BCUT2D eigenvalue weighted by Gasteiger charge is -2.21. The molecule has 124 valence electrons. The van der Waals surface area contributed by atoms with Gasteiger partial charge in [0.25, 0.3) is 0 Å². The van der Waals surface area contributed by atoms with Gasteiger partial charge in [-0.05, 0) is 37.2 Å². The van der Waals surface area contributed by atoms with Crippen molar-refractivity contribution in [1.82, 2.24) is 5.32 Å². The first-order valence-corrected chi connectivity index (χ1v) is 8.39. The van der Waals surface area contributed by atoms with Crippen LogP contribution in [0.15, 0.2) is 12.1 Å². The van der Waals surface area contributed by atoms with Crippen LogP contribution in [0.3, 0.4) is 0 Å². The first-order chi connectivity index (χ1) is 10.9. The number of benzene rings is 1. The zero-order valence-corrected chi connectivity index (χ0v) is 14.5. The normalized spacial score (nSPS) is 15.0. The fourth-order valence-corrected chi connectivity index (χ4v) is 3.32. The van der Waals surface area contributed by atoms with Crippen molar-refractivity contribution in [2.75, 3.05) is 5.32 Å². The van der Waals surface area contributed by atoms with Gasteiger partial charge in [-0.1, -0.05) is 42.5 Å². The number of carbonyl (C=O) groups excluding carboxylic acids is 1. The average Bonchev–Trinajstić information content (AvgIpc) is 2.51. The van der Waals surface area contributed by atoms with Crippen LogP contribution < -0.4 is 10.6 Å². The lowest BCUT2D eigenvalue weighted by molar-refractivity contribution is -0.124. The Labute approximate surface area is 149 Å². The van der Waals surface area contributed by atoms with E-state index in [4.69, 9.17) is 40.5 Å². The lowest BCUT2D eigenvalue weighted by atomic mass is 9.89. The molecule has 1 aliphatic rings. The Morgan fingerprint density at radius 3 is 2.22 bits per heavy atom. The topological polar surface area (TPSA) is 78.4 Å². The maximum Gasteiger partial charge on any atom is 0.335 e. The van der Waals surface area contributed by atoms with Gasteiger partial charge in [-0.15, -0.1) is 0 Å². The molecular formula is C15H16Cl2N2O3S. The monoisotopic (exact) mass is 374 g/mol. The second kappa shape index (κ2) is 7.95. The first kappa shape index (κ1) is 18.0. The summed E-state index contributed by atoms with van der Waals surface area (Å²) in [7, 11) is 0. The Morgan fingerprint density at radius 2 is 1.70 bits per heavy atom. The molecule has 0 spiro atoms. The molecule has 0 aliphatic heterocycles. The fraction of sp³-hybridized carbons (Fsp3) is 0.400. The molecule has 1 aromatic carbocycles. The molecule has 1 fully saturated rings. The highest BCUT2D eigenvalue weighted by atomic mass is 35.5. The maximum absolute atomic E-state index is 12.1. The van der Waals surface area contributed by atoms with Crippen LogP contribution in [0.5, 0.6) is 0 Å². The van der Waals surface area contributed by atoms with E-state index < -0.39 is 5.97 Å². The summed E-state index contributed by atoms with van der Waals surface area (Å²) in [5.74, 6) is -1.27. The number of nitrogens with one attached hydrogen (secondary N) is 2. The molecule has 0 heterocycles. The number of carboxylic acid groups (broad SMARTS) is 1.